The van der Waals surface area contributed by atoms with Crippen molar-refractivity contribution in [3.63, 3.8) is 0 Å². The average molecular weight is 167 g/mol. The molecule has 2 rings (SSSR count). The van der Waals surface area contributed by atoms with Crippen molar-refractivity contribution in [2.24, 2.45) is 0 Å². The number of ether oxygens (including phenoxy) is 1. The number of halogens is 3. The summed E-state index contributed by atoms with van der Waals surface area (Å²) in [5, 5.41) is 2.76. The van der Waals surface area contributed by atoms with E-state index in [2.05, 4.69) is 5.32 Å². The molecule has 0 aromatic heterocycles. The van der Waals surface area contributed by atoms with Crippen LogP contribution in [0.25, 0.3) is 0 Å². The number of fused-ring (bicyclic) bond motifs is 2. The summed E-state index contributed by atoms with van der Waals surface area (Å²) in [7, 11) is 0. The first-order chi connectivity index (χ1) is 5.04. The summed E-state index contributed by atoms with van der Waals surface area (Å²) in [6.07, 6.45) is -4.14. The van der Waals surface area contributed by atoms with Crippen molar-refractivity contribution < 1.29 is 17.9 Å². The topological polar surface area (TPSA) is 21.3 Å². The van der Waals surface area contributed by atoms with Gasteiger partial charge in [0.2, 0.25) is 0 Å². The lowest BCUT2D eigenvalue weighted by Crippen LogP contribution is -2.50. The van der Waals surface area contributed by atoms with Crippen LogP contribution < -0.4 is 5.32 Å². The molecule has 0 aromatic rings. The Morgan fingerprint density at radius 1 is 1.45 bits per heavy atom. The van der Waals surface area contributed by atoms with Gasteiger partial charge in [-0.15, -0.1) is 0 Å². The molecule has 2 saturated heterocycles. The highest BCUT2D eigenvalue weighted by Gasteiger charge is 2.63. The van der Waals surface area contributed by atoms with Crippen molar-refractivity contribution in [1.82, 2.24) is 5.32 Å². The minimum atomic E-state index is -4.22. The van der Waals surface area contributed by atoms with Gasteiger partial charge in [-0.05, 0) is 0 Å². The Kier molecular flexibility index (Phi) is 1.27. The first kappa shape index (κ1) is 7.36. The lowest BCUT2D eigenvalue weighted by Gasteiger charge is -2.28. The Labute approximate surface area is 61.7 Å². The van der Waals surface area contributed by atoms with Crippen LogP contribution in [0.5, 0.6) is 0 Å². The molecule has 0 spiro atoms. The second-order valence-corrected chi connectivity index (χ2v) is 3.09. The summed E-state index contributed by atoms with van der Waals surface area (Å²) >= 11 is 0. The Morgan fingerprint density at radius 2 is 2.18 bits per heavy atom. The number of hydrogen-bond donors (Lipinski definition) is 1. The third kappa shape index (κ3) is 0.873. The minimum absolute atomic E-state index is 0.0799. The van der Waals surface area contributed by atoms with Gasteiger partial charge in [0, 0.05) is 19.0 Å². The Balaban J connectivity index is 2.23. The largest absolute Gasteiger partial charge is 0.418 e. The van der Waals surface area contributed by atoms with E-state index in [0.717, 1.165) is 0 Å². The van der Waals surface area contributed by atoms with Crippen molar-refractivity contribution in [1.29, 1.82) is 0 Å². The molecule has 1 N–H and O–H groups in total. The molecule has 2 fully saturated rings. The van der Waals surface area contributed by atoms with E-state index in [0.29, 0.717) is 0 Å². The van der Waals surface area contributed by atoms with Gasteiger partial charge < -0.3 is 10.1 Å². The van der Waals surface area contributed by atoms with E-state index in [-0.39, 0.29) is 25.6 Å². The summed E-state index contributed by atoms with van der Waals surface area (Å²) < 4.78 is 41.6. The van der Waals surface area contributed by atoms with E-state index in [9.17, 15) is 13.2 Å². The number of alkyl halides is 3. The van der Waals surface area contributed by atoms with Crippen molar-refractivity contribution >= 4 is 0 Å². The average Bonchev–Trinajstić information content (AvgIpc) is 2.42. The van der Waals surface area contributed by atoms with Gasteiger partial charge in [0.15, 0.2) is 5.60 Å². The molecule has 0 unspecified atom stereocenters. The molecule has 0 aliphatic carbocycles. The molecule has 11 heavy (non-hydrogen) atoms. The summed E-state index contributed by atoms with van der Waals surface area (Å²) in [5.74, 6) is 0. The lowest BCUT2D eigenvalue weighted by atomic mass is 10.0. The van der Waals surface area contributed by atoms with E-state index in [1.54, 1.807) is 0 Å². The highest BCUT2D eigenvalue weighted by Crippen LogP contribution is 2.43. The summed E-state index contributed by atoms with van der Waals surface area (Å²) in [5.41, 5.74) is -1.86. The summed E-state index contributed by atoms with van der Waals surface area (Å²) in [6, 6.07) is -0.0865. The van der Waals surface area contributed by atoms with Crippen LogP contribution >= 0.6 is 0 Å². The fourth-order valence-electron chi connectivity index (χ4n) is 1.64. The van der Waals surface area contributed by atoms with Crippen molar-refractivity contribution in [3.8, 4) is 0 Å². The maximum absolute atomic E-state index is 12.3. The minimum Gasteiger partial charge on any atom is -0.362 e. The molecule has 0 saturated carbocycles. The van der Waals surface area contributed by atoms with Gasteiger partial charge in [0.1, 0.15) is 0 Å². The fourth-order valence-corrected chi connectivity index (χ4v) is 1.64. The Hall–Kier alpha value is -0.290. The first-order valence-electron chi connectivity index (χ1n) is 3.48. The predicted octanol–water partition coefficient (Wildman–Crippen LogP) is 0.680. The lowest BCUT2D eigenvalue weighted by molar-refractivity contribution is -0.259. The van der Waals surface area contributed by atoms with Crippen LogP contribution in [0.4, 0.5) is 13.2 Å². The normalized spacial score (nSPS) is 43.4. The standard InChI is InChI=1S/C6H8F3NO/c7-6(8,9)5-1-4(2-11-5)10-3-5/h4,10H,1-3H2/t4-,5-/m1/s1. The van der Waals surface area contributed by atoms with Crippen LogP contribution in [0.3, 0.4) is 0 Å². The third-order valence-electron chi connectivity index (χ3n) is 2.33. The van der Waals surface area contributed by atoms with Crippen molar-refractivity contribution in [2.75, 3.05) is 13.2 Å². The van der Waals surface area contributed by atoms with Crippen molar-refractivity contribution in [3.05, 3.63) is 0 Å². The molecule has 0 aromatic carbocycles. The fraction of sp³-hybridized carbons (Fsp3) is 1.00. The monoisotopic (exact) mass is 167 g/mol. The van der Waals surface area contributed by atoms with Gasteiger partial charge in [-0.1, -0.05) is 0 Å². The number of morpholine rings is 1. The molecule has 2 bridgehead atoms. The number of hydrogen-bond acceptors (Lipinski definition) is 2. The molecule has 2 atom stereocenters. The second kappa shape index (κ2) is 1.90. The molecular weight excluding hydrogens is 159 g/mol. The first-order valence-corrected chi connectivity index (χ1v) is 3.48. The predicted molar refractivity (Wildman–Crippen MR) is 31.1 cm³/mol. The van der Waals surface area contributed by atoms with E-state index >= 15 is 0 Å². The van der Waals surface area contributed by atoms with Crippen molar-refractivity contribution in [2.45, 2.75) is 24.2 Å². The van der Waals surface area contributed by atoms with E-state index < -0.39 is 11.8 Å². The van der Waals surface area contributed by atoms with Crippen LogP contribution in [0.1, 0.15) is 6.42 Å². The van der Waals surface area contributed by atoms with Gasteiger partial charge in [-0.3, -0.25) is 0 Å². The zero-order valence-electron chi connectivity index (χ0n) is 5.74. The maximum atomic E-state index is 12.3. The SMILES string of the molecule is FC(F)(F)[C@@]12CN[C@@H](CO1)C2. The Morgan fingerprint density at radius 3 is 2.36 bits per heavy atom. The van der Waals surface area contributed by atoms with Gasteiger partial charge in [0.05, 0.1) is 6.61 Å². The number of nitrogens with one attached hydrogen (secondary N) is 1. The van der Waals surface area contributed by atoms with Gasteiger partial charge in [0.25, 0.3) is 0 Å². The van der Waals surface area contributed by atoms with Crippen LogP contribution in [-0.4, -0.2) is 31.0 Å². The summed E-state index contributed by atoms with van der Waals surface area (Å²) in [6.45, 7) is 0.112. The molecule has 5 heteroatoms. The highest BCUT2D eigenvalue weighted by atomic mass is 19.4. The third-order valence-corrected chi connectivity index (χ3v) is 2.33. The molecule has 2 nitrogen and oxygen atoms in total. The van der Waals surface area contributed by atoms with E-state index in [1.807, 2.05) is 0 Å². The molecule has 2 aliphatic rings. The highest BCUT2D eigenvalue weighted by molar-refractivity contribution is 5.05. The van der Waals surface area contributed by atoms with Crippen LogP contribution in [-0.2, 0) is 4.74 Å². The zero-order chi connectivity index (χ0) is 8.11. The molecule has 0 radical (unpaired) electrons. The smallest absolute Gasteiger partial charge is 0.362 e. The molecule has 2 aliphatic heterocycles. The van der Waals surface area contributed by atoms with Gasteiger partial charge in [-0.25, -0.2) is 0 Å². The van der Waals surface area contributed by atoms with Gasteiger partial charge in [-0.2, -0.15) is 13.2 Å². The molecular formula is C6H8F3NO. The Bertz CT molecular complexity index is 171. The van der Waals surface area contributed by atoms with Crippen LogP contribution in [0.2, 0.25) is 0 Å². The van der Waals surface area contributed by atoms with E-state index in [4.69, 9.17) is 4.74 Å². The van der Waals surface area contributed by atoms with Crippen LogP contribution in [0, 0.1) is 0 Å². The van der Waals surface area contributed by atoms with E-state index in [1.165, 1.54) is 0 Å². The molecule has 0 amide bonds. The number of rotatable bonds is 0. The second-order valence-electron chi connectivity index (χ2n) is 3.09. The quantitative estimate of drug-likeness (QED) is 0.572. The molecule has 2 heterocycles. The molecule has 64 valence electrons. The van der Waals surface area contributed by atoms with Crippen LogP contribution in [0.15, 0.2) is 0 Å². The summed E-state index contributed by atoms with van der Waals surface area (Å²) in [4.78, 5) is 0. The van der Waals surface area contributed by atoms with Gasteiger partial charge >= 0.3 is 6.18 Å². The maximum Gasteiger partial charge on any atom is 0.418 e. The zero-order valence-corrected chi connectivity index (χ0v) is 5.74.